The number of piperazine rings is 1. The van der Waals surface area contributed by atoms with Crippen molar-refractivity contribution in [3.8, 4) is 11.5 Å². The lowest BCUT2D eigenvalue weighted by Crippen LogP contribution is -2.50. The molecule has 7 nitrogen and oxygen atoms in total. The Hall–Kier alpha value is -2.32. The van der Waals surface area contributed by atoms with E-state index < -0.39 is 6.10 Å². The maximum absolute atomic E-state index is 12.4. The Morgan fingerprint density at radius 1 is 1.13 bits per heavy atom. The van der Waals surface area contributed by atoms with Crippen LogP contribution < -0.4 is 14.8 Å². The number of nitrogens with one attached hydrogen (secondary N) is 1. The van der Waals surface area contributed by atoms with Gasteiger partial charge < -0.3 is 19.9 Å². The van der Waals surface area contributed by atoms with E-state index in [2.05, 4.69) is 15.1 Å². The topological polar surface area (TPSA) is 74.3 Å². The van der Waals surface area contributed by atoms with Crippen molar-refractivity contribution in [3.05, 3.63) is 53.1 Å². The van der Waals surface area contributed by atoms with Gasteiger partial charge in [-0.1, -0.05) is 29.8 Å². The van der Waals surface area contributed by atoms with Gasteiger partial charge in [0.1, 0.15) is 12.7 Å². The Bertz CT molecular complexity index is 872. The minimum atomic E-state index is -0.608. The van der Waals surface area contributed by atoms with Gasteiger partial charge in [0.25, 0.3) is 0 Å². The van der Waals surface area contributed by atoms with Crippen molar-refractivity contribution in [2.24, 2.45) is 0 Å². The molecule has 1 aliphatic heterocycles. The summed E-state index contributed by atoms with van der Waals surface area (Å²) in [5, 5.41) is 13.8. The molecular weight excluding hydrogens is 418 g/mol. The van der Waals surface area contributed by atoms with Gasteiger partial charge in [-0.05, 0) is 36.8 Å². The molecule has 2 aromatic rings. The smallest absolute Gasteiger partial charge is 0.238 e. The number of halogens is 1. The number of carbonyl (C=O) groups is 1. The lowest BCUT2D eigenvalue weighted by atomic mass is 10.2. The number of methoxy groups -OCH3 is 1. The van der Waals surface area contributed by atoms with Crippen LogP contribution in [0.15, 0.2) is 42.5 Å². The first kappa shape index (κ1) is 23.3. The molecule has 31 heavy (non-hydrogen) atoms. The average Bonchev–Trinajstić information content (AvgIpc) is 2.76. The standard InChI is InChI=1S/C23H30ClN3O4/c1-17-7-8-19(24)20(13-17)25-23(29)15-27-11-9-26(10-12-27)14-18(28)16-31-22-6-4-3-5-21(22)30-2/h3-8,13,18,28H,9-12,14-16H2,1-2H3,(H,25,29). The van der Waals surface area contributed by atoms with Gasteiger partial charge in [-0.2, -0.15) is 0 Å². The molecule has 1 amide bonds. The van der Waals surface area contributed by atoms with E-state index in [1.165, 1.54) is 0 Å². The van der Waals surface area contributed by atoms with Crippen LogP contribution in [0.1, 0.15) is 5.56 Å². The van der Waals surface area contributed by atoms with Crippen LogP contribution in [-0.2, 0) is 4.79 Å². The zero-order valence-electron chi connectivity index (χ0n) is 18.0. The third-order valence-electron chi connectivity index (χ3n) is 5.20. The predicted octanol–water partition coefficient (Wildman–Crippen LogP) is 2.65. The Kier molecular flexibility index (Phi) is 8.54. The third-order valence-corrected chi connectivity index (χ3v) is 5.53. The normalized spacial score (nSPS) is 16.0. The number of benzene rings is 2. The summed E-state index contributed by atoms with van der Waals surface area (Å²) in [5.41, 5.74) is 1.69. The fourth-order valence-corrected chi connectivity index (χ4v) is 3.70. The Balaban J connectivity index is 1.38. The number of anilines is 1. The predicted molar refractivity (Wildman–Crippen MR) is 122 cm³/mol. The van der Waals surface area contributed by atoms with Crippen molar-refractivity contribution in [3.63, 3.8) is 0 Å². The summed E-state index contributed by atoms with van der Waals surface area (Å²) < 4.78 is 11.0. The quantitative estimate of drug-likeness (QED) is 0.615. The Morgan fingerprint density at radius 2 is 1.81 bits per heavy atom. The molecule has 0 radical (unpaired) electrons. The van der Waals surface area contributed by atoms with Crippen LogP contribution in [0.3, 0.4) is 0 Å². The molecule has 0 aromatic heterocycles. The Morgan fingerprint density at radius 3 is 2.52 bits per heavy atom. The molecular formula is C23H30ClN3O4. The second-order valence-electron chi connectivity index (χ2n) is 7.72. The molecule has 1 aliphatic rings. The molecule has 8 heteroatoms. The van der Waals surface area contributed by atoms with Crippen LogP contribution in [0, 0.1) is 6.92 Å². The number of carbonyl (C=O) groups excluding carboxylic acids is 1. The number of aliphatic hydroxyl groups excluding tert-OH is 1. The van der Waals surface area contributed by atoms with Crippen LogP contribution in [-0.4, -0.2) is 79.9 Å². The van der Waals surface area contributed by atoms with E-state index in [9.17, 15) is 9.90 Å². The molecule has 0 aliphatic carbocycles. The highest BCUT2D eigenvalue weighted by Gasteiger charge is 2.21. The number of aryl methyl sites for hydroxylation is 1. The van der Waals surface area contributed by atoms with Gasteiger partial charge in [0.15, 0.2) is 11.5 Å². The first-order valence-corrected chi connectivity index (χ1v) is 10.8. The van der Waals surface area contributed by atoms with Gasteiger partial charge in [-0.25, -0.2) is 0 Å². The van der Waals surface area contributed by atoms with E-state index in [-0.39, 0.29) is 12.5 Å². The number of nitrogens with zero attached hydrogens (tertiary/aromatic N) is 2. The molecule has 2 aromatic carbocycles. The van der Waals surface area contributed by atoms with Gasteiger partial charge in [0.2, 0.25) is 5.91 Å². The largest absolute Gasteiger partial charge is 0.493 e. The van der Waals surface area contributed by atoms with Crippen molar-refractivity contribution < 1.29 is 19.4 Å². The number of ether oxygens (including phenoxy) is 2. The zero-order chi connectivity index (χ0) is 22.2. The minimum absolute atomic E-state index is 0.0776. The lowest BCUT2D eigenvalue weighted by Gasteiger charge is -2.35. The summed E-state index contributed by atoms with van der Waals surface area (Å²) in [5.74, 6) is 1.19. The summed E-state index contributed by atoms with van der Waals surface area (Å²) in [6, 6.07) is 12.9. The van der Waals surface area contributed by atoms with Gasteiger partial charge in [0.05, 0.1) is 24.4 Å². The highest BCUT2D eigenvalue weighted by Crippen LogP contribution is 2.26. The molecule has 0 saturated carbocycles. The number of aliphatic hydroxyl groups is 1. The van der Waals surface area contributed by atoms with Gasteiger partial charge in [-0.15, -0.1) is 0 Å². The summed E-state index contributed by atoms with van der Waals surface area (Å²) in [7, 11) is 1.59. The number of hydrogen-bond acceptors (Lipinski definition) is 6. The number of para-hydroxylation sites is 2. The summed E-state index contributed by atoms with van der Waals surface area (Å²) in [6.45, 7) is 6.07. The number of hydrogen-bond donors (Lipinski definition) is 2. The van der Waals surface area contributed by atoms with Crippen molar-refractivity contribution in [1.82, 2.24) is 9.80 Å². The molecule has 0 spiro atoms. The van der Waals surface area contributed by atoms with Crippen molar-refractivity contribution in [1.29, 1.82) is 0 Å². The fraction of sp³-hybridized carbons (Fsp3) is 0.435. The summed E-state index contributed by atoms with van der Waals surface area (Å²) in [6.07, 6.45) is -0.608. The van der Waals surface area contributed by atoms with Crippen molar-refractivity contribution in [2.45, 2.75) is 13.0 Å². The molecule has 3 rings (SSSR count). The van der Waals surface area contributed by atoms with Crippen LogP contribution in [0.5, 0.6) is 11.5 Å². The van der Waals surface area contributed by atoms with Gasteiger partial charge in [0, 0.05) is 32.7 Å². The number of β-amino-alcohol motifs (C(OH)–C–C–N with tert-alkyl or cyclic N) is 1. The van der Waals surface area contributed by atoms with Crippen LogP contribution in [0.2, 0.25) is 5.02 Å². The highest BCUT2D eigenvalue weighted by molar-refractivity contribution is 6.33. The van der Waals surface area contributed by atoms with Crippen LogP contribution in [0.25, 0.3) is 0 Å². The van der Waals surface area contributed by atoms with E-state index >= 15 is 0 Å². The average molecular weight is 448 g/mol. The lowest BCUT2D eigenvalue weighted by molar-refractivity contribution is -0.117. The number of amides is 1. The summed E-state index contributed by atoms with van der Waals surface area (Å²) in [4.78, 5) is 16.7. The van der Waals surface area contributed by atoms with E-state index in [1.54, 1.807) is 13.2 Å². The maximum atomic E-state index is 12.4. The molecule has 168 valence electrons. The first-order chi connectivity index (χ1) is 14.9. The van der Waals surface area contributed by atoms with E-state index in [4.69, 9.17) is 21.1 Å². The fourth-order valence-electron chi connectivity index (χ4n) is 3.53. The molecule has 1 atom stereocenters. The first-order valence-electron chi connectivity index (χ1n) is 10.4. The summed E-state index contributed by atoms with van der Waals surface area (Å²) >= 11 is 6.16. The number of rotatable bonds is 9. The van der Waals surface area contributed by atoms with Gasteiger partial charge in [-0.3, -0.25) is 14.6 Å². The molecule has 1 unspecified atom stereocenters. The Labute approximate surface area is 188 Å². The van der Waals surface area contributed by atoms with Crippen LogP contribution in [0.4, 0.5) is 5.69 Å². The van der Waals surface area contributed by atoms with Crippen molar-refractivity contribution in [2.75, 3.05) is 58.3 Å². The van der Waals surface area contributed by atoms with Gasteiger partial charge >= 0.3 is 0 Å². The maximum Gasteiger partial charge on any atom is 0.238 e. The molecule has 1 heterocycles. The second-order valence-corrected chi connectivity index (χ2v) is 8.13. The molecule has 1 fully saturated rings. The van der Waals surface area contributed by atoms with E-state index in [1.807, 2.05) is 43.3 Å². The SMILES string of the molecule is COc1ccccc1OCC(O)CN1CCN(CC(=O)Nc2cc(C)ccc2Cl)CC1. The highest BCUT2D eigenvalue weighted by atomic mass is 35.5. The van der Waals surface area contributed by atoms with Crippen molar-refractivity contribution >= 4 is 23.2 Å². The zero-order valence-corrected chi connectivity index (χ0v) is 18.8. The third kappa shape index (κ3) is 7.11. The van der Waals surface area contributed by atoms with E-state index in [0.717, 1.165) is 31.7 Å². The molecule has 0 bridgehead atoms. The van der Waals surface area contributed by atoms with E-state index in [0.29, 0.717) is 35.3 Å². The van der Waals surface area contributed by atoms with Crippen LogP contribution >= 0.6 is 11.6 Å². The minimum Gasteiger partial charge on any atom is -0.493 e. The monoisotopic (exact) mass is 447 g/mol. The second kappa shape index (κ2) is 11.3. The molecule has 1 saturated heterocycles. The molecule has 2 N–H and O–H groups in total.